The van der Waals surface area contributed by atoms with Crippen LogP contribution < -0.4 is 20.1 Å². The largest absolute Gasteiger partial charge is 0.493 e. The van der Waals surface area contributed by atoms with Crippen molar-refractivity contribution in [2.45, 2.75) is 38.2 Å². The van der Waals surface area contributed by atoms with Crippen LogP contribution in [0.4, 0.5) is 8.78 Å². The smallest absolute Gasteiger partial charge is 0.387 e. The van der Waals surface area contributed by atoms with Gasteiger partial charge in [0.1, 0.15) is 0 Å². The molecular weight excluding hydrogens is 348 g/mol. The Kier molecular flexibility index (Phi) is 8.11. The van der Waals surface area contributed by atoms with Crippen molar-refractivity contribution < 1.29 is 18.3 Å². The number of methoxy groups -OCH3 is 1. The van der Waals surface area contributed by atoms with Gasteiger partial charge in [0.2, 0.25) is 0 Å². The molecule has 1 unspecified atom stereocenters. The van der Waals surface area contributed by atoms with Gasteiger partial charge in [0.15, 0.2) is 17.5 Å². The number of thioether (sulfide) groups is 1. The molecule has 5 nitrogen and oxygen atoms in total. The molecule has 0 saturated carbocycles. The van der Waals surface area contributed by atoms with Crippen molar-refractivity contribution in [1.29, 1.82) is 0 Å². The highest BCUT2D eigenvalue weighted by molar-refractivity contribution is 8.00. The monoisotopic (exact) mass is 373 g/mol. The fourth-order valence-electron chi connectivity index (χ4n) is 2.54. The maximum Gasteiger partial charge on any atom is 0.387 e. The van der Waals surface area contributed by atoms with Gasteiger partial charge in [0.05, 0.1) is 13.7 Å². The first-order chi connectivity index (χ1) is 12.1. The summed E-state index contributed by atoms with van der Waals surface area (Å²) < 4.78 is 34.6. The molecule has 25 heavy (non-hydrogen) atoms. The molecule has 0 spiro atoms. The second kappa shape index (κ2) is 10.3. The summed E-state index contributed by atoms with van der Waals surface area (Å²) in [7, 11) is 1.42. The molecule has 0 radical (unpaired) electrons. The second-order valence-electron chi connectivity index (χ2n) is 5.57. The van der Waals surface area contributed by atoms with Crippen molar-refractivity contribution in [1.82, 2.24) is 10.6 Å². The molecule has 140 valence electrons. The van der Waals surface area contributed by atoms with E-state index in [1.54, 1.807) is 12.1 Å². The van der Waals surface area contributed by atoms with E-state index in [0.717, 1.165) is 24.6 Å². The summed E-state index contributed by atoms with van der Waals surface area (Å²) in [6.45, 7) is 1.10. The van der Waals surface area contributed by atoms with E-state index < -0.39 is 6.61 Å². The van der Waals surface area contributed by atoms with Gasteiger partial charge in [-0.2, -0.15) is 20.5 Å². The van der Waals surface area contributed by atoms with E-state index in [0.29, 0.717) is 11.8 Å². The molecule has 1 saturated heterocycles. The van der Waals surface area contributed by atoms with Crippen LogP contribution in [0.25, 0.3) is 0 Å². The predicted molar refractivity (Wildman–Crippen MR) is 97.9 cm³/mol. The number of nitrogens with zero attached hydrogens (tertiary/aromatic N) is 1. The Hall–Kier alpha value is -1.70. The van der Waals surface area contributed by atoms with Gasteiger partial charge in [-0.1, -0.05) is 6.07 Å². The number of alkyl halides is 2. The van der Waals surface area contributed by atoms with Crippen LogP contribution in [0.5, 0.6) is 11.5 Å². The zero-order valence-corrected chi connectivity index (χ0v) is 15.4. The fraction of sp³-hybridized carbons (Fsp3) is 0.588. The van der Waals surface area contributed by atoms with Gasteiger partial charge >= 0.3 is 6.61 Å². The van der Waals surface area contributed by atoms with Crippen LogP contribution in [0.3, 0.4) is 0 Å². The third kappa shape index (κ3) is 6.61. The Morgan fingerprint density at radius 2 is 2.20 bits per heavy atom. The molecule has 2 N–H and O–H groups in total. The quantitative estimate of drug-likeness (QED) is 0.541. The average molecular weight is 373 g/mol. The molecule has 1 aromatic rings. The van der Waals surface area contributed by atoms with Crippen molar-refractivity contribution in [3.05, 3.63) is 23.8 Å². The number of benzene rings is 1. The average Bonchev–Trinajstić information content (AvgIpc) is 3.10. The number of halogens is 2. The van der Waals surface area contributed by atoms with E-state index in [2.05, 4.69) is 20.4 Å². The van der Waals surface area contributed by atoms with E-state index in [1.165, 1.54) is 31.8 Å². The Bertz CT molecular complexity index is 567. The zero-order valence-electron chi connectivity index (χ0n) is 14.6. The Morgan fingerprint density at radius 3 is 2.84 bits per heavy atom. The number of rotatable bonds is 8. The molecule has 1 aliphatic heterocycles. The minimum Gasteiger partial charge on any atom is -0.493 e. The lowest BCUT2D eigenvalue weighted by molar-refractivity contribution is -0.0512. The molecule has 1 atom stereocenters. The molecule has 1 aliphatic rings. The Morgan fingerprint density at radius 1 is 1.36 bits per heavy atom. The lowest BCUT2D eigenvalue weighted by Gasteiger charge is -2.15. The highest BCUT2D eigenvalue weighted by Crippen LogP contribution is 2.29. The molecule has 0 bridgehead atoms. The van der Waals surface area contributed by atoms with E-state index in [9.17, 15) is 8.78 Å². The van der Waals surface area contributed by atoms with Crippen molar-refractivity contribution >= 4 is 17.7 Å². The van der Waals surface area contributed by atoms with Gasteiger partial charge < -0.3 is 20.1 Å². The van der Waals surface area contributed by atoms with Crippen LogP contribution in [0.15, 0.2) is 23.2 Å². The lowest BCUT2D eigenvalue weighted by Crippen LogP contribution is -2.40. The first-order valence-electron chi connectivity index (χ1n) is 8.38. The van der Waals surface area contributed by atoms with Crippen LogP contribution in [0, 0.1) is 0 Å². The molecule has 0 aliphatic carbocycles. The fourth-order valence-corrected chi connectivity index (χ4v) is 3.74. The van der Waals surface area contributed by atoms with Gasteiger partial charge in [-0.15, -0.1) is 0 Å². The first-order valence-corrected chi connectivity index (χ1v) is 9.42. The van der Waals surface area contributed by atoms with Crippen LogP contribution in [0.2, 0.25) is 0 Å². The summed E-state index contributed by atoms with van der Waals surface area (Å²) >= 11 is 1.98. The molecule has 1 fully saturated rings. The minimum absolute atomic E-state index is 0.0190. The predicted octanol–water partition coefficient (Wildman–Crippen LogP) is 3.25. The van der Waals surface area contributed by atoms with Crippen LogP contribution in [0.1, 0.15) is 25.3 Å². The van der Waals surface area contributed by atoms with Crippen LogP contribution in [-0.4, -0.2) is 43.8 Å². The number of hydrogen-bond acceptors (Lipinski definition) is 4. The zero-order chi connectivity index (χ0) is 18.1. The molecule has 0 aromatic heterocycles. The Labute approximate surface area is 151 Å². The Balaban J connectivity index is 2.00. The number of nitrogens with one attached hydrogen (secondary N) is 2. The minimum atomic E-state index is -2.89. The SMILES string of the molecule is CCNC(=NCc1ccc(OC)c(OC(F)F)c1)NCC1CCCS1. The highest BCUT2D eigenvalue weighted by Gasteiger charge is 2.15. The van der Waals surface area contributed by atoms with E-state index in [1.807, 2.05) is 18.7 Å². The normalized spacial score (nSPS) is 17.6. The summed E-state index contributed by atoms with van der Waals surface area (Å²) in [6, 6.07) is 4.93. The number of guanidine groups is 1. The second-order valence-corrected chi connectivity index (χ2v) is 6.98. The van der Waals surface area contributed by atoms with Crippen molar-refractivity contribution in [3.8, 4) is 11.5 Å². The summed E-state index contributed by atoms with van der Waals surface area (Å²) in [6.07, 6.45) is 2.49. The third-order valence-corrected chi connectivity index (χ3v) is 5.13. The number of aliphatic imine (C=N–C) groups is 1. The van der Waals surface area contributed by atoms with Gasteiger partial charge in [-0.3, -0.25) is 0 Å². The van der Waals surface area contributed by atoms with Gasteiger partial charge in [-0.05, 0) is 43.2 Å². The maximum atomic E-state index is 12.5. The standard InChI is InChI=1S/C17H25F2N3O2S/c1-3-20-17(22-11-13-5-4-8-25-13)21-10-12-6-7-14(23-2)15(9-12)24-16(18)19/h6-7,9,13,16H,3-5,8,10-11H2,1-2H3,(H2,20,21,22). The molecular formula is C17H25F2N3O2S. The summed E-state index contributed by atoms with van der Waals surface area (Å²) in [5, 5.41) is 7.17. The van der Waals surface area contributed by atoms with Gasteiger partial charge in [0.25, 0.3) is 0 Å². The van der Waals surface area contributed by atoms with Crippen molar-refractivity contribution in [2.75, 3.05) is 26.0 Å². The lowest BCUT2D eigenvalue weighted by atomic mass is 10.2. The topological polar surface area (TPSA) is 54.9 Å². The maximum absolute atomic E-state index is 12.5. The van der Waals surface area contributed by atoms with Crippen molar-refractivity contribution in [2.24, 2.45) is 4.99 Å². The van der Waals surface area contributed by atoms with Crippen LogP contribution >= 0.6 is 11.8 Å². The molecule has 8 heteroatoms. The van der Waals surface area contributed by atoms with Crippen LogP contribution in [-0.2, 0) is 6.54 Å². The van der Waals surface area contributed by atoms with Crippen molar-refractivity contribution in [3.63, 3.8) is 0 Å². The van der Waals surface area contributed by atoms with E-state index in [-0.39, 0.29) is 11.5 Å². The molecule has 2 rings (SSSR count). The summed E-state index contributed by atoms with van der Waals surface area (Å²) in [5.41, 5.74) is 0.767. The van der Waals surface area contributed by atoms with E-state index >= 15 is 0 Å². The highest BCUT2D eigenvalue weighted by atomic mass is 32.2. The summed E-state index contributed by atoms with van der Waals surface area (Å²) in [4.78, 5) is 4.52. The molecule has 1 aromatic carbocycles. The third-order valence-electron chi connectivity index (χ3n) is 3.73. The molecule has 0 amide bonds. The summed E-state index contributed by atoms with van der Waals surface area (Å²) in [5.74, 6) is 2.24. The van der Waals surface area contributed by atoms with Gasteiger partial charge in [-0.25, -0.2) is 4.99 Å². The van der Waals surface area contributed by atoms with E-state index in [4.69, 9.17) is 4.74 Å². The number of ether oxygens (including phenoxy) is 2. The number of hydrogen-bond donors (Lipinski definition) is 2. The van der Waals surface area contributed by atoms with Gasteiger partial charge in [0, 0.05) is 18.3 Å². The molecule has 1 heterocycles. The first kappa shape index (κ1) is 19.6.